The number of rotatable bonds is 2. The lowest BCUT2D eigenvalue weighted by Gasteiger charge is -2.13. The quantitative estimate of drug-likeness (QED) is 0.732. The molecule has 0 aliphatic heterocycles. The first-order valence-corrected chi connectivity index (χ1v) is 7.79. The molecule has 0 nitrogen and oxygen atoms in total. The van der Waals surface area contributed by atoms with Crippen LogP contribution in [0.3, 0.4) is 0 Å². The molecule has 0 N–H and O–H groups in total. The molecule has 0 saturated carbocycles. The molecule has 0 atom stereocenters. The van der Waals surface area contributed by atoms with E-state index in [0.717, 1.165) is 10.0 Å². The van der Waals surface area contributed by atoms with Crippen molar-refractivity contribution in [2.45, 2.75) is 6.55 Å². The average molecular weight is 266 g/mol. The molecular weight excluding hydrogens is 255 g/mol. The molecule has 2 rings (SSSR count). The van der Waals surface area contributed by atoms with E-state index in [2.05, 4.69) is 18.7 Å². The Morgan fingerprint density at radius 2 is 1.12 bits per heavy atom. The lowest BCUT2D eigenvalue weighted by molar-refractivity contribution is 1.72. The number of benzene rings is 2. The van der Waals surface area contributed by atoms with Gasteiger partial charge in [0.25, 0.3) is 0 Å². The van der Waals surface area contributed by atoms with Crippen molar-refractivity contribution in [3.8, 4) is 0 Å². The van der Waals surface area contributed by atoms with E-state index in [9.17, 15) is 0 Å². The van der Waals surface area contributed by atoms with Crippen molar-refractivity contribution in [3.05, 3.63) is 58.6 Å². The van der Waals surface area contributed by atoms with Crippen molar-refractivity contribution in [1.29, 1.82) is 0 Å². The zero-order valence-electron chi connectivity index (χ0n) is 8.87. The van der Waals surface area contributed by atoms with Gasteiger partial charge in [-0.1, -0.05) is 66.1 Å². The molecule has 2 aromatic rings. The van der Waals surface area contributed by atoms with Gasteiger partial charge < -0.3 is 0 Å². The molecule has 3 heteroatoms. The third-order valence-electron chi connectivity index (χ3n) is 2.56. The first-order valence-electron chi connectivity index (χ1n) is 5.03. The summed E-state index contributed by atoms with van der Waals surface area (Å²) in [4.78, 5) is 0. The molecule has 0 bridgehead atoms. The zero-order valence-corrected chi connectivity index (χ0v) is 11.4. The summed E-state index contributed by atoms with van der Waals surface area (Å²) in [5.74, 6) is 0. The lowest BCUT2D eigenvalue weighted by atomic mass is 10.4. The standard InChI is InChI=1S/C13H11Cl2Si/c1-16(12-8-4-2-6-10(12)14)13-9-5-3-7-11(13)15/h2-9H,1H3. The van der Waals surface area contributed by atoms with Crippen LogP contribution in [0.4, 0.5) is 0 Å². The summed E-state index contributed by atoms with van der Waals surface area (Å²) in [6.07, 6.45) is 0. The van der Waals surface area contributed by atoms with Crippen LogP contribution in [-0.2, 0) is 0 Å². The Morgan fingerprint density at radius 3 is 1.50 bits per heavy atom. The van der Waals surface area contributed by atoms with Crippen LogP contribution < -0.4 is 10.4 Å². The van der Waals surface area contributed by atoms with Gasteiger partial charge in [0.15, 0.2) is 0 Å². The van der Waals surface area contributed by atoms with Gasteiger partial charge in [-0.25, -0.2) is 0 Å². The Labute approximate surface area is 107 Å². The summed E-state index contributed by atoms with van der Waals surface area (Å²) < 4.78 is 0. The Balaban J connectivity index is 2.44. The second-order valence-electron chi connectivity index (χ2n) is 3.58. The minimum Gasteiger partial charge on any atom is -0.0845 e. The van der Waals surface area contributed by atoms with Crippen LogP contribution in [-0.4, -0.2) is 8.80 Å². The van der Waals surface area contributed by atoms with Gasteiger partial charge in [-0.2, -0.15) is 0 Å². The van der Waals surface area contributed by atoms with Crippen LogP contribution in [0.1, 0.15) is 0 Å². The van der Waals surface area contributed by atoms with Crippen LogP contribution >= 0.6 is 23.2 Å². The van der Waals surface area contributed by atoms with E-state index in [1.54, 1.807) is 0 Å². The minimum absolute atomic E-state index is 0.832. The summed E-state index contributed by atoms with van der Waals surface area (Å²) in [5.41, 5.74) is 0. The summed E-state index contributed by atoms with van der Waals surface area (Å²) in [6, 6.07) is 16.0. The number of hydrogen-bond acceptors (Lipinski definition) is 0. The van der Waals surface area contributed by atoms with Gasteiger partial charge in [0.1, 0.15) is 8.80 Å². The Hall–Kier alpha value is -0.763. The van der Waals surface area contributed by atoms with Crippen molar-refractivity contribution in [2.24, 2.45) is 0 Å². The van der Waals surface area contributed by atoms with Crippen LogP contribution in [0, 0.1) is 0 Å². The van der Waals surface area contributed by atoms with Crippen molar-refractivity contribution in [2.75, 3.05) is 0 Å². The zero-order chi connectivity index (χ0) is 11.5. The van der Waals surface area contributed by atoms with E-state index in [1.807, 2.05) is 36.4 Å². The first kappa shape index (κ1) is 11.7. The highest BCUT2D eigenvalue weighted by atomic mass is 35.5. The maximum Gasteiger partial charge on any atom is 0.122 e. The second-order valence-corrected chi connectivity index (χ2v) is 6.73. The SMILES string of the molecule is C[Si](c1ccccc1Cl)c1ccccc1Cl. The summed E-state index contributed by atoms with van der Waals surface area (Å²) in [5, 5.41) is 4.09. The monoisotopic (exact) mass is 265 g/mol. The Kier molecular flexibility index (Phi) is 3.69. The molecule has 16 heavy (non-hydrogen) atoms. The van der Waals surface area contributed by atoms with Crippen molar-refractivity contribution in [3.63, 3.8) is 0 Å². The molecule has 0 heterocycles. The van der Waals surface area contributed by atoms with Gasteiger partial charge in [0.05, 0.1) is 0 Å². The summed E-state index contributed by atoms with van der Waals surface area (Å²) >= 11 is 12.4. The van der Waals surface area contributed by atoms with Crippen LogP contribution in [0.5, 0.6) is 0 Å². The first-order chi connectivity index (χ1) is 7.70. The van der Waals surface area contributed by atoms with Crippen LogP contribution in [0.2, 0.25) is 16.6 Å². The van der Waals surface area contributed by atoms with Crippen LogP contribution in [0.15, 0.2) is 48.5 Å². The molecule has 2 aromatic carbocycles. The number of hydrogen-bond donors (Lipinski definition) is 0. The summed E-state index contributed by atoms with van der Waals surface area (Å²) in [6.45, 7) is 2.22. The minimum atomic E-state index is -0.869. The van der Waals surface area contributed by atoms with E-state index in [4.69, 9.17) is 23.2 Å². The maximum absolute atomic E-state index is 6.20. The van der Waals surface area contributed by atoms with Crippen molar-refractivity contribution in [1.82, 2.24) is 0 Å². The van der Waals surface area contributed by atoms with Crippen molar-refractivity contribution >= 4 is 42.4 Å². The molecule has 0 saturated heterocycles. The molecule has 0 spiro atoms. The number of halogens is 2. The largest absolute Gasteiger partial charge is 0.122 e. The Bertz CT molecular complexity index is 451. The molecule has 0 fully saturated rings. The second kappa shape index (κ2) is 5.04. The molecule has 0 aromatic heterocycles. The molecule has 81 valence electrons. The van der Waals surface area contributed by atoms with Crippen molar-refractivity contribution < 1.29 is 0 Å². The molecule has 0 aliphatic rings. The van der Waals surface area contributed by atoms with Gasteiger partial charge in [0.2, 0.25) is 0 Å². The third-order valence-corrected chi connectivity index (χ3v) is 6.02. The van der Waals surface area contributed by atoms with Gasteiger partial charge >= 0.3 is 0 Å². The average Bonchev–Trinajstić information content (AvgIpc) is 2.29. The highest BCUT2D eigenvalue weighted by Gasteiger charge is 2.15. The summed E-state index contributed by atoms with van der Waals surface area (Å²) in [7, 11) is -0.869. The molecule has 0 amide bonds. The van der Waals surface area contributed by atoms with E-state index >= 15 is 0 Å². The normalized spacial score (nSPS) is 10.8. The Morgan fingerprint density at radius 1 is 0.750 bits per heavy atom. The van der Waals surface area contributed by atoms with Crippen LogP contribution in [0.25, 0.3) is 0 Å². The van der Waals surface area contributed by atoms with E-state index < -0.39 is 8.80 Å². The predicted octanol–water partition coefficient (Wildman–Crippen LogP) is 3.23. The van der Waals surface area contributed by atoms with E-state index in [1.165, 1.54) is 10.4 Å². The molecule has 0 aliphatic carbocycles. The van der Waals surface area contributed by atoms with Gasteiger partial charge in [-0.05, 0) is 22.5 Å². The fourth-order valence-electron chi connectivity index (χ4n) is 1.68. The highest BCUT2D eigenvalue weighted by molar-refractivity contribution is 6.87. The third kappa shape index (κ3) is 2.32. The molecule has 1 radical (unpaired) electrons. The van der Waals surface area contributed by atoms with Gasteiger partial charge in [0, 0.05) is 10.0 Å². The van der Waals surface area contributed by atoms with E-state index in [0.29, 0.717) is 0 Å². The van der Waals surface area contributed by atoms with Gasteiger partial charge in [-0.3, -0.25) is 0 Å². The van der Waals surface area contributed by atoms with E-state index in [-0.39, 0.29) is 0 Å². The topological polar surface area (TPSA) is 0 Å². The van der Waals surface area contributed by atoms with Gasteiger partial charge in [-0.15, -0.1) is 0 Å². The predicted molar refractivity (Wildman–Crippen MR) is 73.8 cm³/mol. The fraction of sp³-hybridized carbons (Fsp3) is 0.0769. The molecule has 0 unspecified atom stereocenters. The lowest BCUT2D eigenvalue weighted by Crippen LogP contribution is -2.40. The smallest absolute Gasteiger partial charge is 0.0845 e. The maximum atomic E-state index is 6.20. The highest BCUT2D eigenvalue weighted by Crippen LogP contribution is 2.09. The molecular formula is C13H11Cl2Si. The fourth-order valence-corrected chi connectivity index (χ4v) is 4.66.